The number of carboxylic acids is 1. The highest BCUT2D eigenvalue weighted by molar-refractivity contribution is 5.83. The van der Waals surface area contributed by atoms with Gasteiger partial charge in [-0.1, -0.05) is 53.1 Å². The van der Waals surface area contributed by atoms with Gasteiger partial charge in [0.15, 0.2) is 0 Å². The molecule has 0 saturated heterocycles. The molecule has 2 amide bonds. The number of urea groups is 1. The van der Waals surface area contributed by atoms with Crippen LogP contribution in [0.25, 0.3) is 0 Å². The summed E-state index contributed by atoms with van der Waals surface area (Å²) in [5, 5.41) is 19.1. The van der Waals surface area contributed by atoms with Gasteiger partial charge in [0.05, 0.1) is 5.69 Å². The average Bonchev–Trinajstić information content (AvgIpc) is 2.54. The van der Waals surface area contributed by atoms with E-state index >= 15 is 0 Å². The number of amides is 2. The summed E-state index contributed by atoms with van der Waals surface area (Å²) >= 11 is 0. The molecular formula is C18H19N3O3. The minimum Gasteiger partial charge on any atom is -0.480 e. The predicted octanol–water partition coefficient (Wildman–Crippen LogP) is 3.79. The van der Waals surface area contributed by atoms with Crippen LogP contribution < -0.4 is 5.32 Å². The second-order valence-corrected chi connectivity index (χ2v) is 5.52. The number of carbonyl (C=O) groups is 2. The number of rotatable bonds is 5. The van der Waals surface area contributed by atoms with Crippen molar-refractivity contribution in [2.24, 2.45) is 10.2 Å². The SMILES string of the molecule is Cc1ccc(N=NC(=O)NC(Cc2ccccc2)C(=O)O)c(C)c1. The molecule has 6 heteroatoms. The molecule has 0 bridgehead atoms. The van der Waals surface area contributed by atoms with Crippen LogP contribution in [-0.4, -0.2) is 23.1 Å². The van der Waals surface area contributed by atoms with E-state index in [9.17, 15) is 14.7 Å². The molecule has 1 unspecified atom stereocenters. The molecule has 2 aromatic carbocycles. The zero-order valence-electron chi connectivity index (χ0n) is 13.6. The molecule has 0 radical (unpaired) electrons. The first kappa shape index (κ1) is 17.3. The van der Waals surface area contributed by atoms with Crippen LogP contribution in [-0.2, 0) is 11.2 Å². The normalized spacial score (nSPS) is 12.1. The van der Waals surface area contributed by atoms with E-state index in [1.807, 2.05) is 44.2 Å². The van der Waals surface area contributed by atoms with E-state index < -0.39 is 18.0 Å². The molecule has 0 aliphatic carbocycles. The maximum absolute atomic E-state index is 11.9. The van der Waals surface area contributed by atoms with E-state index in [2.05, 4.69) is 15.5 Å². The van der Waals surface area contributed by atoms with Crippen molar-refractivity contribution in [3.63, 3.8) is 0 Å². The van der Waals surface area contributed by atoms with Crippen molar-refractivity contribution < 1.29 is 14.7 Å². The maximum Gasteiger partial charge on any atom is 0.360 e. The zero-order valence-corrected chi connectivity index (χ0v) is 13.6. The van der Waals surface area contributed by atoms with Gasteiger partial charge >= 0.3 is 12.0 Å². The van der Waals surface area contributed by atoms with Gasteiger partial charge in [0.1, 0.15) is 6.04 Å². The highest BCUT2D eigenvalue weighted by atomic mass is 16.4. The fourth-order valence-corrected chi connectivity index (χ4v) is 2.24. The van der Waals surface area contributed by atoms with E-state index in [0.29, 0.717) is 5.69 Å². The molecule has 1 atom stereocenters. The fourth-order valence-electron chi connectivity index (χ4n) is 2.24. The van der Waals surface area contributed by atoms with Gasteiger partial charge in [-0.15, -0.1) is 5.11 Å². The third kappa shape index (κ3) is 5.01. The van der Waals surface area contributed by atoms with Crippen LogP contribution in [0.3, 0.4) is 0 Å². The van der Waals surface area contributed by atoms with Crippen molar-refractivity contribution in [1.82, 2.24) is 5.32 Å². The Morgan fingerprint density at radius 1 is 1.12 bits per heavy atom. The Balaban J connectivity index is 2.02. The number of nitrogens with zero attached hydrogens (tertiary/aromatic N) is 2. The Hall–Kier alpha value is -3.02. The molecule has 24 heavy (non-hydrogen) atoms. The second-order valence-electron chi connectivity index (χ2n) is 5.52. The van der Waals surface area contributed by atoms with Crippen molar-refractivity contribution in [2.75, 3.05) is 0 Å². The predicted molar refractivity (Wildman–Crippen MR) is 90.5 cm³/mol. The van der Waals surface area contributed by atoms with Crippen LogP contribution in [0.5, 0.6) is 0 Å². The second kappa shape index (κ2) is 8.01. The first-order valence-electron chi connectivity index (χ1n) is 7.52. The molecule has 2 rings (SSSR count). The van der Waals surface area contributed by atoms with Gasteiger partial charge in [0.25, 0.3) is 0 Å². The lowest BCUT2D eigenvalue weighted by molar-refractivity contribution is -0.139. The minimum absolute atomic E-state index is 0.182. The Labute approximate surface area is 140 Å². The molecule has 0 saturated carbocycles. The minimum atomic E-state index is -1.12. The number of aryl methyl sites for hydroxylation is 2. The monoisotopic (exact) mass is 325 g/mol. The fraction of sp³-hybridized carbons (Fsp3) is 0.222. The lowest BCUT2D eigenvalue weighted by Crippen LogP contribution is -2.40. The maximum atomic E-state index is 11.9. The number of azo groups is 1. The lowest BCUT2D eigenvalue weighted by atomic mass is 10.1. The van der Waals surface area contributed by atoms with E-state index in [0.717, 1.165) is 16.7 Å². The van der Waals surface area contributed by atoms with Crippen molar-refractivity contribution in [3.05, 3.63) is 65.2 Å². The van der Waals surface area contributed by atoms with E-state index in [4.69, 9.17) is 0 Å². The number of aliphatic carboxylic acids is 1. The highest BCUT2D eigenvalue weighted by Gasteiger charge is 2.20. The van der Waals surface area contributed by atoms with Crippen molar-refractivity contribution in [3.8, 4) is 0 Å². The average molecular weight is 325 g/mol. The molecule has 0 aromatic heterocycles. The van der Waals surface area contributed by atoms with Gasteiger partial charge in [0, 0.05) is 6.42 Å². The Kier molecular flexibility index (Phi) is 5.78. The highest BCUT2D eigenvalue weighted by Crippen LogP contribution is 2.19. The summed E-state index contributed by atoms with van der Waals surface area (Å²) in [5.41, 5.74) is 3.37. The van der Waals surface area contributed by atoms with Gasteiger partial charge in [-0.05, 0) is 31.0 Å². The van der Waals surface area contributed by atoms with E-state index in [1.165, 1.54) is 0 Å². The van der Waals surface area contributed by atoms with Crippen LogP contribution in [0.2, 0.25) is 0 Å². The van der Waals surface area contributed by atoms with Crippen LogP contribution in [0.15, 0.2) is 58.8 Å². The standard InChI is InChI=1S/C18H19N3O3/c1-12-8-9-15(13(2)10-12)20-21-18(24)19-16(17(22)23)11-14-6-4-3-5-7-14/h3-10,16H,11H2,1-2H3,(H,19,24)(H,22,23). The van der Waals surface area contributed by atoms with Crippen molar-refractivity contribution >= 4 is 17.7 Å². The number of carbonyl (C=O) groups excluding carboxylic acids is 1. The first-order chi connectivity index (χ1) is 11.5. The first-order valence-corrected chi connectivity index (χ1v) is 7.52. The molecule has 0 aliphatic rings. The van der Waals surface area contributed by atoms with E-state index in [1.54, 1.807) is 18.2 Å². The third-order valence-electron chi connectivity index (χ3n) is 3.48. The molecule has 0 heterocycles. The van der Waals surface area contributed by atoms with Gasteiger partial charge in [-0.2, -0.15) is 0 Å². The molecule has 2 aromatic rings. The molecule has 124 valence electrons. The summed E-state index contributed by atoms with van der Waals surface area (Å²) in [6.45, 7) is 3.83. The Morgan fingerprint density at radius 3 is 2.46 bits per heavy atom. The Morgan fingerprint density at radius 2 is 1.83 bits per heavy atom. The summed E-state index contributed by atoms with van der Waals surface area (Å²) in [6.07, 6.45) is 0.182. The molecule has 6 nitrogen and oxygen atoms in total. The van der Waals surface area contributed by atoms with Crippen molar-refractivity contribution in [1.29, 1.82) is 0 Å². The molecule has 0 fully saturated rings. The van der Waals surface area contributed by atoms with Crippen LogP contribution in [0.1, 0.15) is 16.7 Å². The third-order valence-corrected chi connectivity index (χ3v) is 3.48. The summed E-state index contributed by atoms with van der Waals surface area (Å²) in [7, 11) is 0. The topological polar surface area (TPSA) is 91.1 Å². The summed E-state index contributed by atoms with van der Waals surface area (Å²) in [5.74, 6) is -1.12. The number of carboxylic acid groups (broad SMARTS) is 1. The summed E-state index contributed by atoms with van der Waals surface area (Å²) in [4.78, 5) is 23.2. The van der Waals surface area contributed by atoms with Gasteiger partial charge in [-0.3, -0.25) is 0 Å². The zero-order chi connectivity index (χ0) is 17.5. The molecule has 0 spiro atoms. The molecular weight excluding hydrogens is 306 g/mol. The summed E-state index contributed by atoms with van der Waals surface area (Å²) < 4.78 is 0. The molecule has 2 N–H and O–H groups in total. The number of nitrogens with one attached hydrogen (secondary N) is 1. The summed E-state index contributed by atoms with van der Waals surface area (Å²) in [6, 6.07) is 12.8. The van der Waals surface area contributed by atoms with Crippen LogP contribution in [0, 0.1) is 13.8 Å². The smallest absolute Gasteiger partial charge is 0.360 e. The van der Waals surface area contributed by atoms with Crippen LogP contribution >= 0.6 is 0 Å². The molecule has 0 aliphatic heterocycles. The largest absolute Gasteiger partial charge is 0.480 e. The van der Waals surface area contributed by atoms with Crippen LogP contribution in [0.4, 0.5) is 10.5 Å². The Bertz CT molecular complexity index is 757. The number of hydrogen-bond acceptors (Lipinski definition) is 3. The quantitative estimate of drug-likeness (QED) is 0.819. The number of benzene rings is 2. The van der Waals surface area contributed by atoms with Gasteiger partial charge in [-0.25, -0.2) is 9.59 Å². The van der Waals surface area contributed by atoms with Crippen molar-refractivity contribution in [2.45, 2.75) is 26.3 Å². The lowest BCUT2D eigenvalue weighted by Gasteiger charge is -2.12. The van der Waals surface area contributed by atoms with Gasteiger partial charge < -0.3 is 10.4 Å². The van der Waals surface area contributed by atoms with Gasteiger partial charge in [0.2, 0.25) is 0 Å². The van der Waals surface area contributed by atoms with E-state index in [-0.39, 0.29) is 6.42 Å². The number of hydrogen-bond donors (Lipinski definition) is 2.